The maximum absolute atomic E-state index is 11.0. The first-order valence-electron chi connectivity index (χ1n) is 3.01. The molecule has 0 fully saturated rings. The van der Waals surface area contributed by atoms with Crippen molar-refractivity contribution in [3.63, 3.8) is 0 Å². The lowest BCUT2D eigenvalue weighted by molar-refractivity contribution is 0.0604. The summed E-state index contributed by atoms with van der Waals surface area (Å²) in [6.45, 7) is 0. The molecule has 0 atom stereocenters. The SMILES string of the molecule is COC(=O)c1scc(Cl)c1C=O. The van der Waals surface area contributed by atoms with E-state index in [4.69, 9.17) is 11.6 Å². The molecule has 1 aromatic rings. The van der Waals surface area contributed by atoms with Crippen LogP contribution in [0.1, 0.15) is 20.0 Å². The molecule has 0 aliphatic rings. The van der Waals surface area contributed by atoms with Gasteiger partial charge in [-0.1, -0.05) is 11.6 Å². The highest BCUT2D eigenvalue weighted by Crippen LogP contribution is 2.25. The number of methoxy groups -OCH3 is 1. The Morgan fingerprint density at radius 3 is 2.92 bits per heavy atom. The minimum Gasteiger partial charge on any atom is -0.465 e. The predicted molar refractivity (Wildman–Crippen MR) is 46.1 cm³/mol. The maximum atomic E-state index is 11.0. The number of carbonyl (C=O) groups excluding carboxylic acids is 2. The largest absolute Gasteiger partial charge is 0.465 e. The van der Waals surface area contributed by atoms with Gasteiger partial charge >= 0.3 is 5.97 Å². The Morgan fingerprint density at radius 2 is 2.42 bits per heavy atom. The van der Waals surface area contributed by atoms with Gasteiger partial charge in [0, 0.05) is 5.38 Å². The molecule has 0 radical (unpaired) electrons. The summed E-state index contributed by atoms with van der Waals surface area (Å²) in [5.74, 6) is -0.533. The molecule has 1 aromatic heterocycles. The molecule has 1 rings (SSSR count). The molecule has 0 saturated heterocycles. The highest BCUT2D eigenvalue weighted by Gasteiger charge is 2.16. The zero-order valence-corrected chi connectivity index (χ0v) is 7.74. The summed E-state index contributed by atoms with van der Waals surface area (Å²) in [6.07, 6.45) is 0.547. The fraction of sp³-hybridized carbons (Fsp3) is 0.143. The van der Waals surface area contributed by atoms with Crippen LogP contribution >= 0.6 is 22.9 Å². The molecule has 1 heterocycles. The van der Waals surface area contributed by atoms with Crippen molar-refractivity contribution in [2.75, 3.05) is 7.11 Å². The van der Waals surface area contributed by atoms with Gasteiger partial charge in [0.2, 0.25) is 0 Å². The minimum atomic E-state index is -0.533. The van der Waals surface area contributed by atoms with Gasteiger partial charge in [-0.25, -0.2) is 4.79 Å². The molecular weight excluding hydrogens is 200 g/mol. The van der Waals surface area contributed by atoms with Crippen LogP contribution in [0.2, 0.25) is 5.02 Å². The number of thiophene rings is 1. The molecule has 0 amide bonds. The van der Waals surface area contributed by atoms with E-state index in [2.05, 4.69) is 4.74 Å². The van der Waals surface area contributed by atoms with Gasteiger partial charge in [-0.3, -0.25) is 4.79 Å². The maximum Gasteiger partial charge on any atom is 0.348 e. The van der Waals surface area contributed by atoms with E-state index in [1.54, 1.807) is 0 Å². The van der Waals surface area contributed by atoms with Crippen LogP contribution in [0.4, 0.5) is 0 Å². The van der Waals surface area contributed by atoms with Crippen molar-refractivity contribution in [1.82, 2.24) is 0 Å². The Hall–Kier alpha value is -0.870. The molecule has 0 aliphatic carbocycles. The summed E-state index contributed by atoms with van der Waals surface area (Å²) in [5, 5.41) is 1.81. The number of carbonyl (C=O) groups is 2. The molecule has 12 heavy (non-hydrogen) atoms. The number of esters is 1. The highest BCUT2D eigenvalue weighted by molar-refractivity contribution is 7.13. The average Bonchev–Trinajstić information content (AvgIpc) is 2.45. The van der Waals surface area contributed by atoms with Crippen molar-refractivity contribution in [1.29, 1.82) is 0 Å². The van der Waals surface area contributed by atoms with Gasteiger partial charge < -0.3 is 4.74 Å². The van der Waals surface area contributed by atoms with E-state index in [-0.39, 0.29) is 15.5 Å². The Morgan fingerprint density at radius 1 is 1.75 bits per heavy atom. The summed E-state index contributed by atoms with van der Waals surface area (Å²) in [5.41, 5.74) is 0.202. The third-order valence-corrected chi connectivity index (χ3v) is 2.69. The topological polar surface area (TPSA) is 43.4 Å². The van der Waals surface area contributed by atoms with Gasteiger partial charge in [-0.15, -0.1) is 11.3 Å². The molecule has 0 spiro atoms. The summed E-state index contributed by atoms with van der Waals surface area (Å²) < 4.78 is 4.45. The normalized spacial score (nSPS) is 9.50. The molecule has 5 heteroatoms. The van der Waals surface area contributed by atoms with Gasteiger partial charge in [-0.05, 0) is 0 Å². The van der Waals surface area contributed by atoms with E-state index in [0.717, 1.165) is 11.3 Å². The van der Waals surface area contributed by atoms with E-state index >= 15 is 0 Å². The molecular formula is C7H5ClO3S. The Bertz CT molecular complexity index is 318. The summed E-state index contributed by atoms with van der Waals surface area (Å²) in [4.78, 5) is 21.7. The number of halogens is 1. The fourth-order valence-electron chi connectivity index (χ4n) is 0.707. The van der Waals surface area contributed by atoms with E-state index in [9.17, 15) is 9.59 Å². The van der Waals surface area contributed by atoms with E-state index in [1.807, 2.05) is 0 Å². The third-order valence-electron chi connectivity index (χ3n) is 1.27. The fourth-order valence-corrected chi connectivity index (χ4v) is 1.85. The predicted octanol–water partition coefficient (Wildman–Crippen LogP) is 2.00. The van der Waals surface area contributed by atoms with Crippen LogP contribution in [0.3, 0.4) is 0 Å². The van der Waals surface area contributed by atoms with Gasteiger partial charge in [0.25, 0.3) is 0 Å². The number of rotatable bonds is 2. The zero-order chi connectivity index (χ0) is 9.14. The molecule has 0 bridgehead atoms. The van der Waals surface area contributed by atoms with Crippen LogP contribution in [0.25, 0.3) is 0 Å². The van der Waals surface area contributed by atoms with Gasteiger partial charge in [-0.2, -0.15) is 0 Å². The molecule has 0 saturated carbocycles. The average molecular weight is 205 g/mol. The first-order valence-corrected chi connectivity index (χ1v) is 4.27. The highest BCUT2D eigenvalue weighted by atomic mass is 35.5. The van der Waals surface area contributed by atoms with Gasteiger partial charge in [0.15, 0.2) is 6.29 Å². The molecule has 0 unspecified atom stereocenters. The standard InChI is InChI=1S/C7H5ClO3S/c1-11-7(10)6-4(2-9)5(8)3-12-6/h2-3H,1H3. The number of aldehydes is 1. The first-order chi connectivity index (χ1) is 5.70. The van der Waals surface area contributed by atoms with Crippen LogP contribution in [-0.4, -0.2) is 19.4 Å². The zero-order valence-electron chi connectivity index (χ0n) is 6.17. The van der Waals surface area contributed by atoms with Crippen LogP contribution < -0.4 is 0 Å². The smallest absolute Gasteiger partial charge is 0.348 e. The summed E-state index contributed by atoms with van der Waals surface area (Å²) >= 11 is 6.71. The van der Waals surface area contributed by atoms with Crippen molar-refractivity contribution in [2.45, 2.75) is 0 Å². The molecule has 3 nitrogen and oxygen atoms in total. The summed E-state index contributed by atoms with van der Waals surface area (Å²) in [6, 6.07) is 0. The van der Waals surface area contributed by atoms with Gasteiger partial charge in [0.1, 0.15) is 4.88 Å². The lowest BCUT2D eigenvalue weighted by Crippen LogP contribution is -2.01. The number of hydrogen-bond donors (Lipinski definition) is 0. The van der Waals surface area contributed by atoms with Crippen LogP contribution in [0, 0.1) is 0 Å². The Labute approximate surface area is 77.9 Å². The molecule has 0 aromatic carbocycles. The van der Waals surface area contributed by atoms with Crippen molar-refractivity contribution in [3.05, 3.63) is 20.8 Å². The molecule has 64 valence electrons. The monoisotopic (exact) mass is 204 g/mol. The van der Waals surface area contributed by atoms with Crippen molar-refractivity contribution in [2.24, 2.45) is 0 Å². The van der Waals surface area contributed by atoms with Crippen LogP contribution in [0.15, 0.2) is 5.38 Å². The van der Waals surface area contributed by atoms with E-state index in [0.29, 0.717) is 6.29 Å². The Kier molecular flexibility index (Phi) is 2.83. The minimum absolute atomic E-state index is 0.202. The third kappa shape index (κ3) is 1.49. The van der Waals surface area contributed by atoms with Crippen LogP contribution in [0.5, 0.6) is 0 Å². The number of hydrogen-bond acceptors (Lipinski definition) is 4. The molecule has 0 N–H and O–H groups in total. The second-order valence-corrected chi connectivity index (χ2v) is 3.22. The van der Waals surface area contributed by atoms with Crippen molar-refractivity contribution < 1.29 is 14.3 Å². The van der Waals surface area contributed by atoms with Gasteiger partial charge in [0.05, 0.1) is 17.7 Å². The molecule has 0 aliphatic heterocycles. The second-order valence-electron chi connectivity index (χ2n) is 1.94. The second kappa shape index (κ2) is 3.69. The van der Waals surface area contributed by atoms with E-state index < -0.39 is 5.97 Å². The first kappa shape index (κ1) is 9.22. The van der Waals surface area contributed by atoms with Crippen molar-refractivity contribution in [3.8, 4) is 0 Å². The lowest BCUT2D eigenvalue weighted by atomic mass is 10.3. The van der Waals surface area contributed by atoms with Crippen LogP contribution in [-0.2, 0) is 4.74 Å². The van der Waals surface area contributed by atoms with Crippen molar-refractivity contribution >= 4 is 35.2 Å². The number of ether oxygens (including phenoxy) is 1. The Balaban J connectivity index is 3.15. The lowest BCUT2D eigenvalue weighted by Gasteiger charge is -1.94. The quantitative estimate of drug-likeness (QED) is 0.547. The van der Waals surface area contributed by atoms with E-state index in [1.165, 1.54) is 12.5 Å². The summed E-state index contributed by atoms with van der Waals surface area (Å²) in [7, 11) is 1.25.